The van der Waals surface area contributed by atoms with Gasteiger partial charge >= 0.3 is 11.9 Å². The number of hydrogen-bond donors (Lipinski definition) is 1. The van der Waals surface area contributed by atoms with Crippen LogP contribution in [0.2, 0.25) is 0 Å². The van der Waals surface area contributed by atoms with Gasteiger partial charge in [-0.3, -0.25) is 0 Å². The first-order valence-electron chi connectivity index (χ1n) is 4.67. The Hall–Kier alpha value is -2.04. The fourth-order valence-electron chi connectivity index (χ4n) is 1.81. The van der Waals surface area contributed by atoms with E-state index in [1.54, 1.807) is 6.92 Å². The molecular formula is C11H10O5. The Balaban J connectivity index is 2.76. The van der Waals surface area contributed by atoms with Gasteiger partial charge in [-0.15, -0.1) is 0 Å². The van der Waals surface area contributed by atoms with Crippen LogP contribution in [0, 0.1) is 6.92 Å². The van der Waals surface area contributed by atoms with Crippen molar-refractivity contribution in [2.75, 3.05) is 7.11 Å². The van der Waals surface area contributed by atoms with Crippen molar-refractivity contribution in [3.05, 3.63) is 28.3 Å². The van der Waals surface area contributed by atoms with Crippen molar-refractivity contribution in [3.8, 4) is 5.75 Å². The largest absolute Gasteiger partial charge is 0.496 e. The maximum Gasteiger partial charge on any atom is 0.339 e. The van der Waals surface area contributed by atoms with Gasteiger partial charge in [0.15, 0.2) is 0 Å². The lowest BCUT2D eigenvalue weighted by molar-refractivity contribution is 0.0526. The number of cyclic esters (lactones) is 1. The van der Waals surface area contributed by atoms with E-state index in [1.807, 2.05) is 0 Å². The molecule has 16 heavy (non-hydrogen) atoms. The van der Waals surface area contributed by atoms with Crippen LogP contribution in [-0.4, -0.2) is 24.2 Å². The highest BCUT2D eigenvalue weighted by Gasteiger charge is 2.31. The molecule has 0 amide bonds. The summed E-state index contributed by atoms with van der Waals surface area (Å²) in [6.07, 6.45) is 0. The summed E-state index contributed by atoms with van der Waals surface area (Å²) in [5.74, 6) is -1.29. The Morgan fingerprint density at radius 2 is 2.25 bits per heavy atom. The molecule has 0 spiro atoms. The number of benzene rings is 1. The maximum absolute atomic E-state index is 11.4. The van der Waals surface area contributed by atoms with E-state index in [0.29, 0.717) is 11.3 Å². The van der Waals surface area contributed by atoms with Crippen molar-refractivity contribution in [1.82, 2.24) is 0 Å². The van der Waals surface area contributed by atoms with Crippen molar-refractivity contribution >= 4 is 11.9 Å². The summed E-state index contributed by atoms with van der Waals surface area (Å²) in [4.78, 5) is 22.4. The molecule has 1 heterocycles. The quantitative estimate of drug-likeness (QED) is 0.765. The SMILES string of the molecule is COc1cc(C(=O)O)c2c(c1C)COC2=O. The lowest BCUT2D eigenvalue weighted by Crippen LogP contribution is -2.08. The fourth-order valence-corrected chi connectivity index (χ4v) is 1.81. The van der Waals surface area contributed by atoms with Gasteiger partial charge in [0.25, 0.3) is 0 Å². The maximum atomic E-state index is 11.4. The third-order valence-electron chi connectivity index (χ3n) is 2.67. The zero-order valence-corrected chi connectivity index (χ0v) is 8.86. The number of ether oxygens (including phenoxy) is 2. The summed E-state index contributed by atoms with van der Waals surface area (Å²) >= 11 is 0. The molecule has 0 atom stereocenters. The first-order chi connectivity index (χ1) is 7.56. The zero-order chi connectivity index (χ0) is 11.9. The van der Waals surface area contributed by atoms with E-state index < -0.39 is 11.9 Å². The molecule has 0 aromatic heterocycles. The van der Waals surface area contributed by atoms with Gasteiger partial charge in [0, 0.05) is 5.56 Å². The molecule has 1 aliphatic heterocycles. The molecule has 5 nitrogen and oxygen atoms in total. The first kappa shape index (κ1) is 10.5. The minimum Gasteiger partial charge on any atom is -0.496 e. The van der Waals surface area contributed by atoms with Crippen molar-refractivity contribution in [1.29, 1.82) is 0 Å². The van der Waals surface area contributed by atoms with E-state index in [1.165, 1.54) is 13.2 Å². The van der Waals surface area contributed by atoms with Gasteiger partial charge in [-0.25, -0.2) is 9.59 Å². The molecule has 0 unspecified atom stereocenters. The number of hydrogen-bond acceptors (Lipinski definition) is 4. The molecule has 0 bridgehead atoms. The first-order valence-corrected chi connectivity index (χ1v) is 4.67. The molecule has 1 aliphatic rings. The average molecular weight is 222 g/mol. The van der Waals surface area contributed by atoms with Crippen LogP contribution in [0.3, 0.4) is 0 Å². The molecule has 1 aromatic rings. The minimum absolute atomic E-state index is 0.0695. The van der Waals surface area contributed by atoms with Gasteiger partial charge in [-0.1, -0.05) is 0 Å². The predicted molar refractivity (Wildman–Crippen MR) is 53.8 cm³/mol. The summed E-state index contributed by atoms with van der Waals surface area (Å²) in [6.45, 7) is 1.88. The Morgan fingerprint density at radius 3 is 2.81 bits per heavy atom. The molecular weight excluding hydrogens is 212 g/mol. The number of carboxylic acid groups (broad SMARTS) is 1. The van der Waals surface area contributed by atoms with Crippen molar-refractivity contribution < 1.29 is 24.2 Å². The molecule has 5 heteroatoms. The topological polar surface area (TPSA) is 72.8 Å². The number of carboxylic acids is 1. The van der Waals surface area contributed by atoms with Crippen LogP contribution in [0.5, 0.6) is 5.75 Å². The van der Waals surface area contributed by atoms with Gasteiger partial charge in [0.2, 0.25) is 0 Å². The van der Waals surface area contributed by atoms with E-state index in [4.69, 9.17) is 14.6 Å². The number of aromatic carboxylic acids is 1. The van der Waals surface area contributed by atoms with Crippen LogP contribution < -0.4 is 4.74 Å². The summed E-state index contributed by atoms with van der Waals surface area (Å²) in [5, 5.41) is 9.01. The van der Waals surface area contributed by atoms with Gasteiger partial charge < -0.3 is 14.6 Å². The number of esters is 1. The Kier molecular flexibility index (Phi) is 2.30. The lowest BCUT2D eigenvalue weighted by atomic mass is 9.97. The lowest BCUT2D eigenvalue weighted by Gasteiger charge is -2.09. The number of rotatable bonds is 2. The summed E-state index contributed by atoms with van der Waals surface area (Å²) in [6, 6.07) is 1.35. The Bertz CT molecular complexity index is 490. The third kappa shape index (κ3) is 1.32. The van der Waals surface area contributed by atoms with Crippen LogP contribution in [0.15, 0.2) is 6.07 Å². The monoisotopic (exact) mass is 222 g/mol. The highest BCUT2D eigenvalue weighted by atomic mass is 16.5. The second-order valence-corrected chi connectivity index (χ2v) is 3.49. The molecule has 1 N–H and O–H groups in total. The Morgan fingerprint density at radius 1 is 1.56 bits per heavy atom. The molecule has 0 saturated carbocycles. The van der Waals surface area contributed by atoms with Gasteiger partial charge in [-0.2, -0.15) is 0 Å². The predicted octanol–water partition coefficient (Wildman–Crippen LogP) is 1.37. The van der Waals surface area contributed by atoms with E-state index in [0.717, 1.165) is 5.56 Å². The van der Waals surface area contributed by atoms with E-state index in [-0.39, 0.29) is 17.7 Å². The van der Waals surface area contributed by atoms with Crippen LogP contribution in [0.4, 0.5) is 0 Å². The second kappa shape index (κ2) is 3.52. The minimum atomic E-state index is -1.16. The third-order valence-corrected chi connectivity index (χ3v) is 2.67. The second-order valence-electron chi connectivity index (χ2n) is 3.49. The van der Waals surface area contributed by atoms with Crippen molar-refractivity contribution in [2.24, 2.45) is 0 Å². The number of carbonyl (C=O) groups excluding carboxylic acids is 1. The smallest absolute Gasteiger partial charge is 0.339 e. The summed E-state index contributed by atoms with van der Waals surface area (Å²) < 4.78 is 9.90. The molecule has 84 valence electrons. The summed E-state index contributed by atoms with van der Waals surface area (Å²) in [7, 11) is 1.46. The van der Waals surface area contributed by atoms with Crippen molar-refractivity contribution in [3.63, 3.8) is 0 Å². The van der Waals surface area contributed by atoms with Crippen LogP contribution in [0.1, 0.15) is 31.8 Å². The molecule has 0 fully saturated rings. The molecule has 0 saturated heterocycles. The Labute approximate surface area is 91.6 Å². The van der Waals surface area contributed by atoms with Gasteiger partial charge in [0.05, 0.1) is 18.2 Å². The number of carbonyl (C=O) groups is 2. The zero-order valence-electron chi connectivity index (χ0n) is 8.86. The van der Waals surface area contributed by atoms with Crippen LogP contribution >= 0.6 is 0 Å². The van der Waals surface area contributed by atoms with E-state index in [9.17, 15) is 9.59 Å². The number of methoxy groups -OCH3 is 1. The number of fused-ring (bicyclic) bond motifs is 1. The standard InChI is InChI=1S/C11H10O5/c1-5-7-4-16-11(14)9(7)6(10(12)13)3-8(5)15-2/h3H,4H2,1-2H3,(H,12,13). The molecule has 0 radical (unpaired) electrons. The fraction of sp³-hybridized carbons (Fsp3) is 0.273. The van der Waals surface area contributed by atoms with Crippen molar-refractivity contribution in [2.45, 2.75) is 13.5 Å². The van der Waals surface area contributed by atoms with Gasteiger partial charge in [-0.05, 0) is 18.6 Å². The average Bonchev–Trinajstić information content (AvgIpc) is 2.62. The van der Waals surface area contributed by atoms with Crippen LogP contribution in [-0.2, 0) is 11.3 Å². The van der Waals surface area contributed by atoms with E-state index >= 15 is 0 Å². The summed E-state index contributed by atoms with van der Waals surface area (Å²) in [5.41, 5.74) is 1.42. The highest BCUT2D eigenvalue weighted by molar-refractivity contribution is 6.05. The van der Waals surface area contributed by atoms with Gasteiger partial charge in [0.1, 0.15) is 12.4 Å². The van der Waals surface area contributed by atoms with Crippen LogP contribution in [0.25, 0.3) is 0 Å². The van der Waals surface area contributed by atoms with E-state index in [2.05, 4.69) is 0 Å². The highest BCUT2D eigenvalue weighted by Crippen LogP contribution is 2.33. The molecule has 0 aliphatic carbocycles. The molecule has 1 aromatic carbocycles. The molecule has 2 rings (SSSR count). The normalized spacial score (nSPS) is 13.2.